The molecule has 5 nitrogen and oxygen atoms in total. The van der Waals surface area contributed by atoms with Gasteiger partial charge in [0.05, 0.1) is 10.7 Å². The number of hydrogen-bond donors (Lipinski definition) is 1. The van der Waals surface area contributed by atoms with E-state index in [0.29, 0.717) is 10.3 Å². The largest absolute Gasteiger partial charge is 0.444 e. The van der Waals surface area contributed by atoms with Gasteiger partial charge in [0.15, 0.2) is 0 Å². The molecule has 0 aliphatic heterocycles. The first-order chi connectivity index (χ1) is 8.66. The fraction of sp³-hybridized carbons (Fsp3) is 0.167. The molecule has 0 fully saturated rings. The highest BCUT2D eigenvalue weighted by molar-refractivity contribution is 9.10. The lowest BCUT2D eigenvalue weighted by molar-refractivity contribution is 0.155. The molecule has 0 saturated carbocycles. The lowest BCUT2D eigenvalue weighted by atomic mass is 10.2. The van der Waals surface area contributed by atoms with Crippen LogP contribution < -0.4 is 5.32 Å². The zero-order chi connectivity index (χ0) is 13.0. The Labute approximate surface area is 113 Å². The van der Waals surface area contributed by atoms with E-state index < -0.39 is 6.09 Å². The van der Waals surface area contributed by atoms with Gasteiger partial charge in [-0.25, -0.2) is 4.79 Å². The van der Waals surface area contributed by atoms with Crippen LogP contribution in [0, 0.1) is 0 Å². The minimum Gasteiger partial charge on any atom is -0.444 e. The van der Waals surface area contributed by atoms with Crippen LogP contribution >= 0.6 is 15.9 Å². The fourth-order valence-electron chi connectivity index (χ4n) is 1.41. The maximum atomic E-state index is 11.6. The van der Waals surface area contributed by atoms with Crippen LogP contribution in [0.3, 0.4) is 0 Å². The van der Waals surface area contributed by atoms with Gasteiger partial charge < -0.3 is 4.74 Å². The normalized spacial score (nSPS) is 10.1. The van der Waals surface area contributed by atoms with Crippen LogP contribution in [0.1, 0.15) is 5.56 Å². The molecule has 1 amide bonds. The summed E-state index contributed by atoms with van der Waals surface area (Å²) >= 11 is 3.29. The number of carbonyl (C=O) groups excluding carboxylic acids is 1. The molecule has 0 radical (unpaired) electrons. The molecule has 2 aromatic rings. The number of carbonyl (C=O) groups is 1. The summed E-state index contributed by atoms with van der Waals surface area (Å²) in [6.45, 7) is 0.238. The van der Waals surface area contributed by atoms with Crippen LogP contribution in [-0.4, -0.2) is 15.9 Å². The predicted octanol–water partition coefficient (Wildman–Crippen LogP) is 2.93. The zero-order valence-electron chi connectivity index (χ0n) is 9.76. The monoisotopic (exact) mass is 309 g/mol. The molecule has 18 heavy (non-hydrogen) atoms. The third-order valence-electron chi connectivity index (χ3n) is 2.33. The standard InChI is InChI=1S/C12H12BrN3O2/c1-16-11(10(13)7-14-16)15-12(17)18-8-9-5-3-2-4-6-9/h2-7H,8H2,1H3,(H,15,17). The van der Waals surface area contributed by atoms with E-state index in [1.54, 1.807) is 17.9 Å². The van der Waals surface area contributed by atoms with Gasteiger partial charge in [-0.05, 0) is 21.5 Å². The van der Waals surface area contributed by atoms with E-state index in [9.17, 15) is 4.79 Å². The Hall–Kier alpha value is -1.82. The Kier molecular flexibility index (Phi) is 3.99. The van der Waals surface area contributed by atoms with Crippen LogP contribution in [0.25, 0.3) is 0 Å². The van der Waals surface area contributed by atoms with E-state index >= 15 is 0 Å². The highest BCUT2D eigenvalue weighted by atomic mass is 79.9. The van der Waals surface area contributed by atoms with E-state index in [1.165, 1.54) is 0 Å². The number of amides is 1. The summed E-state index contributed by atoms with van der Waals surface area (Å²) in [6, 6.07) is 9.50. The average Bonchev–Trinajstić information content (AvgIpc) is 2.69. The SMILES string of the molecule is Cn1ncc(Br)c1NC(=O)OCc1ccccc1. The van der Waals surface area contributed by atoms with Crippen molar-refractivity contribution in [2.75, 3.05) is 5.32 Å². The average molecular weight is 310 g/mol. The smallest absolute Gasteiger partial charge is 0.413 e. The van der Waals surface area contributed by atoms with Crippen molar-refractivity contribution in [2.24, 2.45) is 7.05 Å². The molecule has 0 spiro atoms. The van der Waals surface area contributed by atoms with Gasteiger partial charge in [0.1, 0.15) is 12.4 Å². The van der Waals surface area contributed by atoms with Crippen LogP contribution in [0.15, 0.2) is 41.0 Å². The minimum atomic E-state index is -0.511. The molecule has 94 valence electrons. The Morgan fingerprint density at radius 2 is 2.17 bits per heavy atom. The van der Waals surface area contributed by atoms with Gasteiger partial charge in [-0.3, -0.25) is 10.00 Å². The van der Waals surface area contributed by atoms with E-state index in [4.69, 9.17) is 4.74 Å². The highest BCUT2D eigenvalue weighted by Crippen LogP contribution is 2.20. The molecule has 1 aromatic heterocycles. The first-order valence-electron chi connectivity index (χ1n) is 5.32. The van der Waals surface area contributed by atoms with E-state index in [2.05, 4.69) is 26.3 Å². The molecule has 0 unspecified atom stereocenters. The molecule has 0 aliphatic carbocycles. The van der Waals surface area contributed by atoms with E-state index in [1.807, 2.05) is 30.3 Å². The number of benzene rings is 1. The third-order valence-corrected chi connectivity index (χ3v) is 2.91. The van der Waals surface area contributed by atoms with Crippen molar-refractivity contribution in [2.45, 2.75) is 6.61 Å². The number of aromatic nitrogens is 2. The molecule has 1 heterocycles. The van der Waals surface area contributed by atoms with Crippen molar-refractivity contribution in [3.05, 3.63) is 46.6 Å². The molecule has 1 N–H and O–H groups in total. The lowest BCUT2D eigenvalue weighted by Gasteiger charge is -2.07. The molecular weight excluding hydrogens is 298 g/mol. The second-order valence-electron chi connectivity index (χ2n) is 3.65. The highest BCUT2D eigenvalue weighted by Gasteiger charge is 2.10. The molecule has 0 aliphatic rings. The van der Waals surface area contributed by atoms with Crippen LogP contribution in [0.2, 0.25) is 0 Å². The predicted molar refractivity (Wildman–Crippen MR) is 71.2 cm³/mol. The number of rotatable bonds is 3. The lowest BCUT2D eigenvalue weighted by Crippen LogP contribution is -2.16. The third kappa shape index (κ3) is 3.10. The van der Waals surface area contributed by atoms with Gasteiger partial charge in [0, 0.05) is 7.05 Å². The first kappa shape index (κ1) is 12.6. The second kappa shape index (κ2) is 5.68. The maximum absolute atomic E-state index is 11.6. The summed E-state index contributed by atoms with van der Waals surface area (Å²) in [5.74, 6) is 0.563. The van der Waals surface area contributed by atoms with Crippen molar-refractivity contribution in [1.82, 2.24) is 9.78 Å². The summed E-state index contributed by atoms with van der Waals surface area (Å²) in [6.07, 6.45) is 1.09. The van der Waals surface area contributed by atoms with Crippen molar-refractivity contribution in [1.29, 1.82) is 0 Å². The zero-order valence-corrected chi connectivity index (χ0v) is 11.3. The molecule has 1 aromatic carbocycles. The molecule has 0 atom stereocenters. The van der Waals surface area contributed by atoms with Crippen molar-refractivity contribution in [3.63, 3.8) is 0 Å². The maximum Gasteiger partial charge on any atom is 0.413 e. The van der Waals surface area contributed by atoms with E-state index in [-0.39, 0.29) is 6.61 Å². The van der Waals surface area contributed by atoms with Crippen molar-refractivity contribution < 1.29 is 9.53 Å². The van der Waals surface area contributed by atoms with E-state index in [0.717, 1.165) is 5.56 Å². The first-order valence-corrected chi connectivity index (χ1v) is 6.11. The molecule has 0 bridgehead atoms. The Bertz CT molecular complexity index is 520. The summed E-state index contributed by atoms with van der Waals surface area (Å²) in [4.78, 5) is 11.6. The van der Waals surface area contributed by atoms with Crippen LogP contribution in [0.4, 0.5) is 10.6 Å². The van der Waals surface area contributed by atoms with Crippen molar-refractivity contribution in [3.8, 4) is 0 Å². The number of hydrogen-bond acceptors (Lipinski definition) is 3. The summed E-state index contributed by atoms with van der Waals surface area (Å²) in [5, 5.41) is 6.61. The summed E-state index contributed by atoms with van der Waals surface area (Å²) in [7, 11) is 1.73. The molecule has 2 rings (SSSR count). The number of nitrogens with one attached hydrogen (secondary N) is 1. The number of nitrogens with zero attached hydrogens (tertiary/aromatic N) is 2. The molecule has 0 saturated heterocycles. The number of anilines is 1. The summed E-state index contributed by atoms with van der Waals surface area (Å²) in [5.41, 5.74) is 0.941. The quantitative estimate of drug-likeness (QED) is 0.948. The number of aryl methyl sites for hydroxylation is 1. The number of ether oxygens (including phenoxy) is 1. The topological polar surface area (TPSA) is 56.2 Å². The van der Waals surface area contributed by atoms with Crippen LogP contribution in [0.5, 0.6) is 0 Å². The van der Waals surface area contributed by atoms with Gasteiger partial charge in [-0.2, -0.15) is 5.10 Å². The van der Waals surface area contributed by atoms with Gasteiger partial charge in [0.25, 0.3) is 0 Å². The van der Waals surface area contributed by atoms with Crippen molar-refractivity contribution >= 4 is 27.8 Å². The van der Waals surface area contributed by atoms with Gasteiger partial charge in [0.2, 0.25) is 0 Å². The van der Waals surface area contributed by atoms with Crippen LogP contribution in [-0.2, 0) is 18.4 Å². The van der Waals surface area contributed by atoms with Gasteiger partial charge in [-0.1, -0.05) is 30.3 Å². The summed E-state index contributed by atoms with van der Waals surface area (Å²) < 4.78 is 7.36. The molecular formula is C12H12BrN3O2. The minimum absolute atomic E-state index is 0.238. The number of halogens is 1. The van der Waals surface area contributed by atoms with Gasteiger partial charge in [-0.15, -0.1) is 0 Å². The fourth-order valence-corrected chi connectivity index (χ4v) is 1.85. The Morgan fingerprint density at radius 1 is 1.44 bits per heavy atom. The van der Waals surface area contributed by atoms with Gasteiger partial charge >= 0.3 is 6.09 Å². The Morgan fingerprint density at radius 3 is 2.78 bits per heavy atom. The molecule has 6 heteroatoms. The Balaban J connectivity index is 1.90. The second-order valence-corrected chi connectivity index (χ2v) is 4.51.